The van der Waals surface area contributed by atoms with Gasteiger partial charge in [0.25, 0.3) is 5.91 Å². The van der Waals surface area contributed by atoms with Crippen molar-refractivity contribution in [2.24, 2.45) is 0 Å². The number of piperazine rings is 1. The van der Waals surface area contributed by atoms with E-state index in [-0.39, 0.29) is 38.7 Å². The van der Waals surface area contributed by atoms with Gasteiger partial charge in [-0.1, -0.05) is 29.8 Å². The number of alkyl halides is 3. The lowest BCUT2D eigenvalue weighted by molar-refractivity contribution is -0.137. The Morgan fingerprint density at radius 3 is 2.41 bits per heavy atom. The Morgan fingerprint density at radius 1 is 1.03 bits per heavy atom. The van der Waals surface area contributed by atoms with Gasteiger partial charge in [0.15, 0.2) is 0 Å². The molecule has 4 rings (SSSR count). The molecule has 0 atom stereocenters. The fraction of sp³-hybridized carbons (Fsp3) is 0.286. The minimum absolute atomic E-state index is 0.0389. The molecule has 32 heavy (non-hydrogen) atoms. The summed E-state index contributed by atoms with van der Waals surface area (Å²) >= 11 is 5.59. The van der Waals surface area contributed by atoms with Crippen LogP contribution in [0.15, 0.2) is 52.9 Å². The van der Waals surface area contributed by atoms with E-state index in [2.05, 4.69) is 0 Å². The Balaban J connectivity index is 1.47. The molecule has 0 aromatic heterocycles. The smallest absolute Gasteiger partial charge is 0.417 e. The summed E-state index contributed by atoms with van der Waals surface area (Å²) in [5.41, 5.74) is 0.0256. The number of para-hydroxylation sites is 1. The van der Waals surface area contributed by atoms with Gasteiger partial charge in [-0.3, -0.25) is 4.79 Å². The average Bonchev–Trinajstić information content (AvgIpc) is 2.77. The molecule has 0 radical (unpaired) electrons. The molecule has 0 unspecified atom stereocenters. The van der Waals surface area contributed by atoms with Crippen molar-refractivity contribution in [3.63, 3.8) is 0 Å². The van der Waals surface area contributed by atoms with E-state index in [1.165, 1.54) is 4.90 Å². The first-order chi connectivity index (χ1) is 15.1. The van der Waals surface area contributed by atoms with E-state index in [4.69, 9.17) is 16.3 Å². The number of sulfonamides is 1. The largest absolute Gasteiger partial charge is 0.488 e. The summed E-state index contributed by atoms with van der Waals surface area (Å²) in [5.74, 6) is 0.420. The molecular formula is C21H18ClF3N2O4S. The Hall–Kier alpha value is -2.56. The maximum absolute atomic E-state index is 13.1. The predicted molar refractivity (Wildman–Crippen MR) is 112 cm³/mol. The van der Waals surface area contributed by atoms with E-state index < -0.39 is 31.7 Å². The van der Waals surface area contributed by atoms with Crippen LogP contribution in [0.4, 0.5) is 13.2 Å². The van der Waals surface area contributed by atoms with Crippen molar-refractivity contribution in [1.82, 2.24) is 9.21 Å². The summed E-state index contributed by atoms with van der Waals surface area (Å²) in [6.45, 7) is 0.248. The number of ether oxygens (including phenoxy) is 1. The van der Waals surface area contributed by atoms with Gasteiger partial charge in [0.2, 0.25) is 10.0 Å². The molecule has 1 saturated heterocycles. The summed E-state index contributed by atoms with van der Waals surface area (Å²) < 4.78 is 71.8. The van der Waals surface area contributed by atoms with Crippen LogP contribution in [0.3, 0.4) is 0 Å². The van der Waals surface area contributed by atoms with Gasteiger partial charge in [-0.05, 0) is 30.3 Å². The number of hydrogen-bond donors (Lipinski definition) is 0. The molecule has 170 valence electrons. The van der Waals surface area contributed by atoms with Crippen molar-refractivity contribution in [3.05, 3.63) is 64.2 Å². The van der Waals surface area contributed by atoms with Crippen molar-refractivity contribution in [2.45, 2.75) is 11.1 Å². The van der Waals surface area contributed by atoms with Crippen LogP contribution in [0, 0.1) is 0 Å². The average molecular weight is 487 g/mol. The Kier molecular flexibility index (Phi) is 5.95. The number of carbonyl (C=O) groups is 1. The fourth-order valence-electron chi connectivity index (χ4n) is 3.61. The highest BCUT2D eigenvalue weighted by molar-refractivity contribution is 7.89. The highest BCUT2D eigenvalue weighted by atomic mass is 35.5. The van der Waals surface area contributed by atoms with Crippen molar-refractivity contribution in [3.8, 4) is 5.75 Å². The molecule has 0 N–H and O–H groups in total. The standard InChI is InChI=1S/C21H18ClF3N2O4S/c22-18-6-5-16(12-17(18)21(23,24)25)32(29,30)27-9-7-26(8-10-27)20(28)15-11-14-3-1-2-4-19(14)31-13-15/h1-6,11-12H,7-10,13H2. The monoisotopic (exact) mass is 486 g/mol. The third-order valence-corrected chi connectivity index (χ3v) is 7.54. The SMILES string of the molecule is O=C(C1=Cc2ccccc2OC1)N1CCN(S(=O)(=O)c2ccc(Cl)c(C(F)(F)F)c2)CC1. The molecule has 1 fully saturated rings. The molecule has 0 saturated carbocycles. The van der Waals surface area contributed by atoms with Gasteiger partial charge in [-0.25, -0.2) is 8.42 Å². The van der Waals surface area contributed by atoms with Crippen molar-refractivity contribution >= 4 is 33.6 Å². The van der Waals surface area contributed by atoms with Gasteiger partial charge in [-0.2, -0.15) is 17.5 Å². The molecule has 1 amide bonds. The number of rotatable bonds is 3. The molecule has 2 aliphatic heterocycles. The van der Waals surface area contributed by atoms with E-state index in [0.29, 0.717) is 17.4 Å². The van der Waals surface area contributed by atoms with Crippen LogP contribution < -0.4 is 4.74 Å². The predicted octanol–water partition coefficient (Wildman–Crippen LogP) is 3.67. The minimum atomic E-state index is -4.78. The molecule has 2 aliphatic rings. The molecule has 0 bridgehead atoms. The second kappa shape index (κ2) is 8.42. The van der Waals surface area contributed by atoms with Gasteiger partial charge in [0.1, 0.15) is 12.4 Å². The number of nitrogens with zero attached hydrogens (tertiary/aromatic N) is 2. The maximum Gasteiger partial charge on any atom is 0.417 e. The van der Waals surface area contributed by atoms with Gasteiger partial charge in [0, 0.05) is 31.7 Å². The molecule has 2 aromatic rings. The minimum Gasteiger partial charge on any atom is -0.488 e. The quantitative estimate of drug-likeness (QED) is 0.664. The number of halogens is 4. The lowest BCUT2D eigenvalue weighted by Gasteiger charge is -2.35. The fourth-order valence-corrected chi connectivity index (χ4v) is 5.28. The number of amides is 1. The van der Waals surface area contributed by atoms with Crippen LogP contribution in [0.2, 0.25) is 5.02 Å². The zero-order chi connectivity index (χ0) is 23.1. The van der Waals surface area contributed by atoms with Crippen LogP contribution >= 0.6 is 11.6 Å². The molecule has 6 nitrogen and oxygen atoms in total. The summed E-state index contributed by atoms with van der Waals surface area (Å²) in [6, 6.07) is 9.80. The second-order valence-corrected chi connectivity index (χ2v) is 9.68. The number of benzene rings is 2. The van der Waals surface area contributed by atoms with Gasteiger partial charge < -0.3 is 9.64 Å². The van der Waals surface area contributed by atoms with Crippen LogP contribution in [-0.2, 0) is 21.0 Å². The van der Waals surface area contributed by atoms with E-state index in [1.54, 1.807) is 12.1 Å². The molecule has 0 spiro atoms. The van der Waals surface area contributed by atoms with Gasteiger partial charge >= 0.3 is 6.18 Å². The zero-order valence-electron chi connectivity index (χ0n) is 16.6. The first-order valence-corrected chi connectivity index (χ1v) is 11.5. The number of hydrogen-bond acceptors (Lipinski definition) is 4. The Morgan fingerprint density at radius 2 is 1.72 bits per heavy atom. The highest BCUT2D eigenvalue weighted by Crippen LogP contribution is 2.36. The lowest BCUT2D eigenvalue weighted by atomic mass is 10.1. The first-order valence-electron chi connectivity index (χ1n) is 9.66. The second-order valence-electron chi connectivity index (χ2n) is 7.33. The first kappa shape index (κ1) is 22.6. The third kappa shape index (κ3) is 4.35. The molecule has 2 heterocycles. The van der Waals surface area contributed by atoms with Crippen LogP contribution in [0.25, 0.3) is 6.08 Å². The van der Waals surface area contributed by atoms with Crippen LogP contribution in [0.5, 0.6) is 5.75 Å². The topological polar surface area (TPSA) is 66.9 Å². The molecular weight excluding hydrogens is 469 g/mol. The Labute approximate surface area is 187 Å². The molecule has 2 aromatic carbocycles. The molecule has 0 aliphatic carbocycles. The third-order valence-electron chi connectivity index (χ3n) is 5.31. The van der Waals surface area contributed by atoms with Crippen molar-refractivity contribution in [1.29, 1.82) is 0 Å². The van der Waals surface area contributed by atoms with E-state index in [9.17, 15) is 26.4 Å². The maximum atomic E-state index is 13.1. The lowest BCUT2D eigenvalue weighted by Crippen LogP contribution is -2.51. The van der Waals surface area contributed by atoms with Gasteiger partial charge in [-0.15, -0.1) is 0 Å². The summed E-state index contributed by atoms with van der Waals surface area (Å²) in [7, 11) is -4.18. The van der Waals surface area contributed by atoms with Crippen molar-refractivity contribution in [2.75, 3.05) is 32.8 Å². The summed E-state index contributed by atoms with van der Waals surface area (Å²) in [5, 5.41) is -0.573. The summed E-state index contributed by atoms with van der Waals surface area (Å²) in [4.78, 5) is 13.9. The number of carbonyl (C=O) groups excluding carboxylic acids is 1. The van der Waals surface area contributed by atoms with E-state index in [1.807, 2.05) is 18.2 Å². The van der Waals surface area contributed by atoms with Crippen molar-refractivity contribution < 1.29 is 31.1 Å². The van der Waals surface area contributed by atoms with Crippen LogP contribution in [0.1, 0.15) is 11.1 Å². The van der Waals surface area contributed by atoms with Gasteiger partial charge in [0.05, 0.1) is 21.1 Å². The Bertz CT molecular complexity index is 1190. The highest BCUT2D eigenvalue weighted by Gasteiger charge is 2.36. The number of fused-ring (bicyclic) bond motifs is 1. The zero-order valence-corrected chi connectivity index (χ0v) is 18.2. The van der Waals surface area contributed by atoms with Crippen LogP contribution in [-0.4, -0.2) is 56.3 Å². The van der Waals surface area contributed by atoms with E-state index >= 15 is 0 Å². The molecule has 11 heteroatoms. The summed E-state index contributed by atoms with van der Waals surface area (Å²) in [6.07, 6.45) is -3.03. The van der Waals surface area contributed by atoms with E-state index in [0.717, 1.165) is 22.0 Å². The normalized spacial score (nSPS) is 17.4.